The van der Waals surface area contributed by atoms with Gasteiger partial charge in [-0.1, -0.05) is 43.2 Å². The predicted octanol–water partition coefficient (Wildman–Crippen LogP) is 4.85. The number of methoxy groups -OCH3 is 1. The van der Waals surface area contributed by atoms with Crippen LogP contribution in [0.3, 0.4) is 0 Å². The number of carbonyl (C=O) groups is 2. The second kappa shape index (κ2) is 9.73. The van der Waals surface area contributed by atoms with E-state index in [9.17, 15) is 9.59 Å². The van der Waals surface area contributed by atoms with Crippen molar-refractivity contribution in [1.82, 2.24) is 5.32 Å². The van der Waals surface area contributed by atoms with Crippen molar-refractivity contribution in [2.24, 2.45) is 0 Å². The van der Waals surface area contributed by atoms with E-state index in [0.717, 1.165) is 42.0 Å². The molecule has 166 valence electrons. The Bertz CT molecular complexity index is 1140. The number of hydrogen-bond donors (Lipinski definition) is 2. The molecule has 0 radical (unpaired) electrons. The molecular formula is C26H28N2O4. The maximum atomic E-state index is 13.2. The molecule has 2 amide bonds. The first kappa shape index (κ1) is 21.7. The Morgan fingerprint density at radius 3 is 2.41 bits per heavy atom. The molecule has 0 saturated heterocycles. The first-order valence-electron chi connectivity index (χ1n) is 10.9. The van der Waals surface area contributed by atoms with Crippen molar-refractivity contribution in [1.29, 1.82) is 0 Å². The summed E-state index contributed by atoms with van der Waals surface area (Å²) in [5.41, 5.74) is 1.94. The fourth-order valence-electron chi connectivity index (χ4n) is 4.11. The predicted molar refractivity (Wildman–Crippen MR) is 126 cm³/mol. The lowest BCUT2D eigenvalue weighted by molar-refractivity contribution is -0.123. The van der Waals surface area contributed by atoms with Gasteiger partial charge in [0.2, 0.25) is 0 Å². The summed E-state index contributed by atoms with van der Waals surface area (Å²) in [5, 5.41) is 7.79. The summed E-state index contributed by atoms with van der Waals surface area (Å²) < 4.78 is 11.2. The molecule has 4 rings (SSSR count). The molecule has 3 aromatic carbocycles. The molecule has 32 heavy (non-hydrogen) atoms. The van der Waals surface area contributed by atoms with Crippen molar-refractivity contribution in [3.05, 3.63) is 65.7 Å². The van der Waals surface area contributed by atoms with Crippen LogP contribution in [0.4, 0.5) is 5.69 Å². The van der Waals surface area contributed by atoms with E-state index in [2.05, 4.69) is 10.6 Å². The highest BCUT2D eigenvalue weighted by Gasteiger charge is 2.20. The molecule has 3 aromatic rings. The highest BCUT2D eigenvalue weighted by atomic mass is 16.5. The molecule has 0 bridgehead atoms. The Morgan fingerprint density at radius 1 is 0.969 bits per heavy atom. The Labute approximate surface area is 187 Å². The van der Waals surface area contributed by atoms with Gasteiger partial charge in [0.25, 0.3) is 11.8 Å². The first-order chi connectivity index (χ1) is 15.5. The molecule has 6 heteroatoms. The van der Waals surface area contributed by atoms with Crippen molar-refractivity contribution in [3.63, 3.8) is 0 Å². The van der Waals surface area contributed by atoms with Gasteiger partial charge >= 0.3 is 0 Å². The van der Waals surface area contributed by atoms with Gasteiger partial charge in [-0.2, -0.15) is 0 Å². The number of amides is 2. The molecule has 1 saturated carbocycles. The van der Waals surface area contributed by atoms with E-state index in [1.54, 1.807) is 19.2 Å². The van der Waals surface area contributed by atoms with Gasteiger partial charge in [-0.25, -0.2) is 0 Å². The summed E-state index contributed by atoms with van der Waals surface area (Å²) >= 11 is 0. The van der Waals surface area contributed by atoms with Gasteiger partial charge in [-0.05, 0) is 60.4 Å². The number of rotatable bonds is 7. The van der Waals surface area contributed by atoms with Gasteiger partial charge < -0.3 is 20.1 Å². The molecule has 0 spiro atoms. The molecule has 0 atom stereocenters. The molecule has 1 fully saturated rings. The summed E-state index contributed by atoms with van der Waals surface area (Å²) in [5.74, 6) is 0.445. The Morgan fingerprint density at radius 2 is 1.69 bits per heavy atom. The number of carbonyl (C=O) groups excluding carboxylic acids is 2. The number of hydrogen-bond acceptors (Lipinski definition) is 4. The molecule has 1 aliphatic carbocycles. The van der Waals surface area contributed by atoms with Crippen LogP contribution in [0, 0.1) is 6.92 Å². The van der Waals surface area contributed by atoms with Crippen molar-refractivity contribution in [2.45, 2.75) is 38.6 Å². The van der Waals surface area contributed by atoms with Crippen molar-refractivity contribution in [3.8, 4) is 11.5 Å². The van der Waals surface area contributed by atoms with E-state index in [4.69, 9.17) is 9.47 Å². The highest BCUT2D eigenvalue weighted by Crippen LogP contribution is 2.30. The molecule has 1 aliphatic rings. The first-order valence-corrected chi connectivity index (χ1v) is 10.9. The summed E-state index contributed by atoms with van der Waals surface area (Å²) in [6.45, 7) is 1.81. The Hall–Kier alpha value is -3.54. The van der Waals surface area contributed by atoms with Crippen LogP contribution in [0.15, 0.2) is 54.6 Å². The minimum Gasteiger partial charge on any atom is -0.495 e. The van der Waals surface area contributed by atoms with Gasteiger partial charge in [-0.15, -0.1) is 0 Å². The fourth-order valence-corrected chi connectivity index (χ4v) is 4.11. The molecule has 2 N–H and O–H groups in total. The van der Waals surface area contributed by atoms with Crippen LogP contribution in [0.1, 0.15) is 41.6 Å². The minimum absolute atomic E-state index is 0.136. The zero-order valence-electron chi connectivity index (χ0n) is 18.4. The monoisotopic (exact) mass is 432 g/mol. The van der Waals surface area contributed by atoms with Crippen molar-refractivity contribution in [2.75, 3.05) is 19.0 Å². The van der Waals surface area contributed by atoms with Crippen molar-refractivity contribution < 1.29 is 19.1 Å². The van der Waals surface area contributed by atoms with E-state index < -0.39 is 0 Å². The zero-order valence-corrected chi connectivity index (χ0v) is 18.4. The van der Waals surface area contributed by atoms with Gasteiger partial charge in [0.15, 0.2) is 6.61 Å². The third kappa shape index (κ3) is 5.02. The quantitative estimate of drug-likeness (QED) is 0.560. The van der Waals surface area contributed by atoms with Gasteiger partial charge in [-0.3, -0.25) is 9.59 Å². The standard InChI is InChI=1S/C26H28N2O4/c1-17-11-12-23(31-2)22(13-17)28-26(30)21-14-18-7-3-4-8-19(18)15-24(21)32-16-25(29)27-20-9-5-6-10-20/h3-4,7-8,11-15,20H,5-6,9-10,16H2,1-2H3,(H,27,29)(H,28,30). The van der Waals surface area contributed by atoms with E-state index in [1.165, 1.54) is 0 Å². The number of benzene rings is 3. The zero-order chi connectivity index (χ0) is 22.5. The van der Waals surface area contributed by atoms with E-state index in [-0.39, 0.29) is 24.5 Å². The Balaban J connectivity index is 1.58. The maximum absolute atomic E-state index is 13.2. The topological polar surface area (TPSA) is 76.7 Å². The summed E-state index contributed by atoms with van der Waals surface area (Å²) in [6.07, 6.45) is 4.30. The van der Waals surface area contributed by atoms with Crippen LogP contribution in [0.25, 0.3) is 10.8 Å². The van der Waals surface area contributed by atoms with E-state index in [0.29, 0.717) is 22.7 Å². The number of anilines is 1. The van der Waals surface area contributed by atoms with Gasteiger partial charge in [0.1, 0.15) is 11.5 Å². The molecular weight excluding hydrogens is 404 g/mol. The van der Waals surface area contributed by atoms with Crippen LogP contribution in [-0.2, 0) is 4.79 Å². The smallest absolute Gasteiger partial charge is 0.259 e. The number of fused-ring (bicyclic) bond motifs is 1. The van der Waals surface area contributed by atoms with Crippen LogP contribution in [0.5, 0.6) is 11.5 Å². The lowest BCUT2D eigenvalue weighted by Crippen LogP contribution is -2.36. The lowest BCUT2D eigenvalue weighted by Gasteiger charge is -2.16. The average Bonchev–Trinajstić information content (AvgIpc) is 3.30. The number of ether oxygens (including phenoxy) is 2. The van der Waals surface area contributed by atoms with Crippen molar-refractivity contribution >= 4 is 28.3 Å². The summed E-state index contributed by atoms with van der Waals surface area (Å²) in [7, 11) is 1.56. The Kier molecular flexibility index (Phi) is 6.59. The largest absolute Gasteiger partial charge is 0.495 e. The second-order valence-electron chi connectivity index (χ2n) is 8.19. The van der Waals surface area contributed by atoms with Crippen LogP contribution >= 0.6 is 0 Å². The second-order valence-corrected chi connectivity index (χ2v) is 8.19. The van der Waals surface area contributed by atoms with Gasteiger partial charge in [0.05, 0.1) is 18.4 Å². The van der Waals surface area contributed by atoms with Crippen LogP contribution in [-0.4, -0.2) is 31.6 Å². The highest BCUT2D eigenvalue weighted by molar-refractivity contribution is 6.09. The SMILES string of the molecule is COc1ccc(C)cc1NC(=O)c1cc2ccccc2cc1OCC(=O)NC1CCCC1. The lowest BCUT2D eigenvalue weighted by atomic mass is 10.0. The average molecular weight is 433 g/mol. The van der Waals surface area contributed by atoms with Crippen LogP contribution < -0.4 is 20.1 Å². The molecule has 0 aromatic heterocycles. The fraction of sp³-hybridized carbons (Fsp3) is 0.308. The molecule has 0 aliphatic heterocycles. The summed E-state index contributed by atoms with van der Waals surface area (Å²) in [6, 6.07) is 17.1. The number of aryl methyl sites for hydroxylation is 1. The third-order valence-electron chi connectivity index (χ3n) is 5.77. The number of nitrogens with one attached hydrogen (secondary N) is 2. The summed E-state index contributed by atoms with van der Waals surface area (Å²) in [4.78, 5) is 25.6. The normalized spacial score (nSPS) is 13.7. The maximum Gasteiger partial charge on any atom is 0.259 e. The van der Waals surface area contributed by atoms with E-state index >= 15 is 0 Å². The minimum atomic E-state index is -0.328. The third-order valence-corrected chi connectivity index (χ3v) is 5.77. The molecule has 0 unspecified atom stereocenters. The van der Waals surface area contributed by atoms with Gasteiger partial charge in [0, 0.05) is 6.04 Å². The molecule has 6 nitrogen and oxygen atoms in total. The molecule has 0 heterocycles. The van der Waals surface area contributed by atoms with E-state index in [1.807, 2.05) is 49.4 Å². The van der Waals surface area contributed by atoms with Crippen LogP contribution in [0.2, 0.25) is 0 Å².